The van der Waals surface area contributed by atoms with Crippen molar-refractivity contribution in [2.24, 2.45) is 0 Å². The minimum atomic E-state index is -4.49. The van der Waals surface area contributed by atoms with Crippen molar-refractivity contribution >= 4 is 28.7 Å². The molecule has 2 fully saturated rings. The predicted molar refractivity (Wildman–Crippen MR) is 123 cm³/mol. The molecule has 1 aromatic carbocycles. The van der Waals surface area contributed by atoms with E-state index in [2.05, 4.69) is 25.5 Å². The maximum atomic E-state index is 13.1. The standard InChI is InChI=1S/C23H29F3N6O3/c1-2-32(22(34)35)17-6-4-16(5-7-17)31-11-15(12-31)30-20(33)10-27-21-18-9-14(23(24,25)26)3-8-19(18)28-13-29-21/h3,8-9,13,15-17H,2,4-7,10-12H2,1H3,(H,30,33)(H,34,35)(H,27,28,29). The van der Waals surface area contributed by atoms with Gasteiger partial charge in [0.1, 0.15) is 12.1 Å². The van der Waals surface area contributed by atoms with Gasteiger partial charge < -0.3 is 20.6 Å². The minimum Gasteiger partial charge on any atom is -0.465 e. The van der Waals surface area contributed by atoms with E-state index in [0.717, 1.165) is 50.9 Å². The number of nitrogens with one attached hydrogen (secondary N) is 2. The molecular formula is C23H29F3N6O3. The summed E-state index contributed by atoms with van der Waals surface area (Å²) >= 11 is 0. The molecule has 2 amide bonds. The second-order valence-electron chi connectivity index (χ2n) is 9.05. The maximum absolute atomic E-state index is 13.1. The molecule has 9 nitrogen and oxygen atoms in total. The van der Waals surface area contributed by atoms with Crippen molar-refractivity contribution in [2.45, 2.75) is 56.9 Å². The fraction of sp³-hybridized carbons (Fsp3) is 0.565. The molecule has 2 aromatic rings. The second-order valence-corrected chi connectivity index (χ2v) is 9.05. The predicted octanol–water partition coefficient (Wildman–Crippen LogP) is 3.17. The Morgan fingerprint density at radius 1 is 1.17 bits per heavy atom. The monoisotopic (exact) mass is 494 g/mol. The lowest BCUT2D eigenvalue weighted by Crippen LogP contribution is -2.63. The highest BCUT2D eigenvalue weighted by Crippen LogP contribution is 2.32. The number of anilines is 1. The first-order valence-electron chi connectivity index (χ1n) is 11.7. The number of carboxylic acid groups (broad SMARTS) is 1. The van der Waals surface area contributed by atoms with Crippen LogP contribution in [0.4, 0.5) is 23.8 Å². The summed E-state index contributed by atoms with van der Waals surface area (Å²) in [5.74, 6) is -0.0946. The Balaban J connectivity index is 1.23. The van der Waals surface area contributed by atoms with Crippen LogP contribution in [-0.2, 0) is 11.0 Å². The Morgan fingerprint density at radius 2 is 1.89 bits per heavy atom. The molecular weight excluding hydrogens is 465 g/mol. The van der Waals surface area contributed by atoms with Crippen molar-refractivity contribution in [1.29, 1.82) is 0 Å². The zero-order valence-corrected chi connectivity index (χ0v) is 19.4. The third-order valence-corrected chi connectivity index (χ3v) is 6.86. The molecule has 3 N–H and O–H groups in total. The van der Waals surface area contributed by atoms with Gasteiger partial charge in [-0.05, 0) is 50.8 Å². The quantitative estimate of drug-likeness (QED) is 0.542. The van der Waals surface area contributed by atoms with Crippen LogP contribution in [0.1, 0.15) is 38.2 Å². The smallest absolute Gasteiger partial charge is 0.416 e. The maximum Gasteiger partial charge on any atom is 0.416 e. The number of alkyl halides is 3. The Morgan fingerprint density at radius 3 is 2.51 bits per heavy atom. The number of hydrogen-bond donors (Lipinski definition) is 3. The average Bonchev–Trinajstić information content (AvgIpc) is 2.79. The van der Waals surface area contributed by atoms with E-state index in [1.807, 2.05) is 6.92 Å². The van der Waals surface area contributed by atoms with Crippen LogP contribution < -0.4 is 10.6 Å². The molecule has 0 radical (unpaired) electrons. The van der Waals surface area contributed by atoms with Crippen LogP contribution in [0.5, 0.6) is 0 Å². The van der Waals surface area contributed by atoms with Gasteiger partial charge in [-0.1, -0.05) is 0 Å². The molecule has 0 spiro atoms. The second kappa shape index (κ2) is 10.2. The van der Waals surface area contributed by atoms with Gasteiger partial charge in [0.2, 0.25) is 5.91 Å². The lowest BCUT2D eigenvalue weighted by molar-refractivity contribution is -0.137. The van der Waals surface area contributed by atoms with E-state index in [0.29, 0.717) is 18.1 Å². The molecule has 1 saturated heterocycles. The molecule has 4 rings (SSSR count). The summed E-state index contributed by atoms with van der Waals surface area (Å²) in [5, 5.41) is 15.3. The highest BCUT2D eigenvalue weighted by Gasteiger charge is 2.37. The van der Waals surface area contributed by atoms with Crippen molar-refractivity contribution in [3.05, 3.63) is 30.1 Å². The number of carbonyl (C=O) groups is 2. The highest BCUT2D eigenvalue weighted by molar-refractivity contribution is 5.91. The topological polar surface area (TPSA) is 111 Å². The molecule has 2 aliphatic rings. The summed E-state index contributed by atoms with van der Waals surface area (Å²) in [6.07, 6.45) is -0.581. The van der Waals surface area contributed by atoms with Gasteiger partial charge in [0.05, 0.1) is 23.7 Å². The first kappa shape index (κ1) is 25.0. The fourth-order valence-electron chi connectivity index (χ4n) is 5.00. The Bertz CT molecular complexity index is 1070. The number of hydrogen-bond acceptors (Lipinski definition) is 6. The van der Waals surface area contributed by atoms with Crippen molar-refractivity contribution in [3.8, 4) is 0 Å². The summed E-state index contributed by atoms with van der Waals surface area (Å²) in [6.45, 7) is 3.67. The van der Waals surface area contributed by atoms with Gasteiger partial charge in [0.25, 0.3) is 0 Å². The van der Waals surface area contributed by atoms with Crippen LogP contribution in [0.25, 0.3) is 10.9 Å². The van der Waals surface area contributed by atoms with Gasteiger partial charge in [0, 0.05) is 37.1 Å². The number of aromatic nitrogens is 2. The van der Waals surface area contributed by atoms with Gasteiger partial charge in [-0.3, -0.25) is 9.69 Å². The summed E-state index contributed by atoms with van der Waals surface area (Å²) in [5.41, 5.74) is -0.452. The van der Waals surface area contributed by atoms with Crippen molar-refractivity contribution in [3.63, 3.8) is 0 Å². The zero-order chi connectivity index (χ0) is 25.2. The van der Waals surface area contributed by atoms with Gasteiger partial charge in [-0.25, -0.2) is 14.8 Å². The van der Waals surface area contributed by atoms with E-state index in [4.69, 9.17) is 0 Å². The number of nitrogens with zero attached hydrogens (tertiary/aromatic N) is 4. The van der Waals surface area contributed by atoms with Crippen LogP contribution in [0, 0.1) is 0 Å². The fourth-order valence-corrected chi connectivity index (χ4v) is 5.00. The van der Waals surface area contributed by atoms with Crippen LogP contribution in [0.3, 0.4) is 0 Å². The third-order valence-electron chi connectivity index (χ3n) is 6.86. The molecule has 12 heteroatoms. The number of halogens is 3. The largest absolute Gasteiger partial charge is 0.465 e. The van der Waals surface area contributed by atoms with Gasteiger partial charge in [-0.2, -0.15) is 13.2 Å². The highest BCUT2D eigenvalue weighted by atomic mass is 19.4. The number of rotatable bonds is 7. The molecule has 1 aromatic heterocycles. The van der Waals surface area contributed by atoms with E-state index in [-0.39, 0.29) is 35.7 Å². The van der Waals surface area contributed by atoms with Crippen molar-refractivity contribution in [2.75, 3.05) is 31.5 Å². The van der Waals surface area contributed by atoms with Gasteiger partial charge >= 0.3 is 12.3 Å². The molecule has 1 aliphatic heterocycles. The lowest BCUT2D eigenvalue weighted by atomic mass is 9.87. The van der Waals surface area contributed by atoms with E-state index in [1.165, 1.54) is 17.3 Å². The summed E-state index contributed by atoms with van der Waals surface area (Å²) in [4.78, 5) is 35.6. The molecule has 0 unspecified atom stereocenters. The average molecular weight is 495 g/mol. The first-order valence-corrected chi connectivity index (χ1v) is 11.7. The van der Waals surface area contributed by atoms with Gasteiger partial charge in [-0.15, -0.1) is 0 Å². The van der Waals surface area contributed by atoms with E-state index in [9.17, 15) is 27.9 Å². The molecule has 190 valence electrons. The molecule has 1 aliphatic carbocycles. The van der Waals surface area contributed by atoms with Crippen LogP contribution in [-0.4, -0.2) is 81.2 Å². The first-order chi connectivity index (χ1) is 16.7. The summed E-state index contributed by atoms with van der Waals surface area (Å²) in [6, 6.07) is 3.69. The number of carbonyl (C=O) groups excluding carboxylic acids is 1. The number of amides is 2. The Hall–Kier alpha value is -3.15. The molecule has 1 saturated carbocycles. The van der Waals surface area contributed by atoms with E-state index < -0.39 is 17.8 Å². The van der Waals surface area contributed by atoms with Crippen LogP contribution in [0.15, 0.2) is 24.5 Å². The zero-order valence-electron chi connectivity index (χ0n) is 19.4. The van der Waals surface area contributed by atoms with Crippen LogP contribution in [0.2, 0.25) is 0 Å². The summed E-state index contributed by atoms with van der Waals surface area (Å²) < 4.78 is 39.2. The van der Waals surface area contributed by atoms with Crippen LogP contribution >= 0.6 is 0 Å². The SMILES string of the molecule is CCN(C(=O)O)C1CCC(N2CC(NC(=O)CNc3ncnc4ccc(C(F)(F)F)cc34)C2)CC1. The van der Waals surface area contributed by atoms with Gasteiger partial charge in [0.15, 0.2) is 0 Å². The lowest BCUT2D eigenvalue weighted by Gasteiger charge is -2.47. The molecule has 35 heavy (non-hydrogen) atoms. The van der Waals surface area contributed by atoms with E-state index >= 15 is 0 Å². The number of benzene rings is 1. The normalized spacial score (nSPS) is 21.4. The van der Waals surface area contributed by atoms with Crippen molar-refractivity contribution in [1.82, 2.24) is 25.1 Å². The third kappa shape index (κ3) is 5.75. The van der Waals surface area contributed by atoms with E-state index in [1.54, 1.807) is 0 Å². The summed E-state index contributed by atoms with van der Waals surface area (Å²) in [7, 11) is 0. The minimum absolute atomic E-state index is 0.00663. The molecule has 2 heterocycles. The molecule has 0 atom stereocenters. The number of likely N-dealkylation sites (tertiary alicyclic amines) is 1. The number of fused-ring (bicyclic) bond motifs is 1. The Labute approximate surface area is 200 Å². The Kier molecular flexibility index (Phi) is 7.29. The van der Waals surface area contributed by atoms with Crippen molar-refractivity contribution < 1.29 is 27.9 Å². The molecule has 0 bridgehead atoms.